The minimum Gasteiger partial charge on any atom is -0.410 e. The van der Waals surface area contributed by atoms with Gasteiger partial charge >= 0.3 is 6.09 Å². The quantitative estimate of drug-likeness (QED) is 0.826. The van der Waals surface area contributed by atoms with E-state index in [0.29, 0.717) is 17.1 Å². The lowest BCUT2D eigenvalue weighted by Gasteiger charge is -2.22. The molecule has 0 saturated carbocycles. The van der Waals surface area contributed by atoms with Crippen LogP contribution in [0.15, 0.2) is 24.3 Å². The molecule has 0 unspecified atom stereocenters. The summed E-state index contributed by atoms with van der Waals surface area (Å²) in [5, 5.41) is 7.97. The smallest absolute Gasteiger partial charge is 0.409 e. The van der Waals surface area contributed by atoms with Crippen molar-refractivity contribution in [1.82, 2.24) is 15.3 Å². The molecule has 0 atom stereocenters. The summed E-state index contributed by atoms with van der Waals surface area (Å²) in [5.74, 6) is 0.0562. The number of primary amides is 1. The van der Waals surface area contributed by atoms with Crippen LogP contribution in [-0.2, 0) is 10.3 Å². The lowest BCUT2D eigenvalue weighted by molar-refractivity contribution is -0.0760. The average Bonchev–Trinajstić information content (AvgIpc) is 3.02. The molecule has 0 radical (unpaired) electrons. The largest absolute Gasteiger partial charge is 0.410 e. The van der Waals surface area contributed by atoms with Gasteiger partial charge in [-0.3, -0.25) is 14.7 Å². The van der Waals surface area contributed by atoms with Crippen molar-refractivity contribution in [3.05, 3.63) is 35.5 Å². The molecule has 0 aliphatic heterocycles. The summed E-state index contributed by atoms with van der Waals surface area (Å²) in [6, 6.07) is 6.91. The van der Waals surface area contributed by atoms with Gasteiger partial charge in [0.25, 0.3) is 5.91 Å². The number of nitrogens with two attached hydrogens (primary N) is 1. The van der Waals surface area contributed by atoms with Crippen LogP contribution in [0, 0.1) is 0 Å². The van der Waals surface area contributed by atoms with Gasteiger partial charge in [0, 0.05) is 18.2 Å². The maximum Gasteiger partial charge on any atom is 0.409 e. The average molecular weight is 346 g/mol. The van der Waals surface area contributed by atoms with E-state index in [1.54, 1.807) is 18.2 Å². The van der Waals surface area contributed by atoms with Crippen LogP contribution in [0.1, 0.15) is 36.8 Å². The van der Waals surface area contributed by atoms with Crippen molar-refractivity contribution < 1.29 is 19.2 Å². The number of ether oxygens (including phenoxy) is 1. The number of carbonyl (C=O) groups is 2. The zero-order chi connectivity index (χ0) is 18.8. The number of rotatable bonds is 4. The van der Waals surface area contributed by atoms with Crippen LogP contribution in [0.25, 0.3) is 11.3 Å². The standard InChI is InChI=1S/C17H22N4O4/c1-17(2,3)11-8-10(6-7-14(11)25-16(18)23)12-9-13(20-19-12)15(22)21(4)24-5/h6-9H,1-5H3,(H2,18,23)(H,19,20). The molecule has 0 bridgehead atoms. The second-order valence-corrected chi connectivity index (χ2v) is 6.53. The molecule has 8 nitrogen and oxygen atoms in total. The van der Waals surface area contributed by atoms with Crippen LogP contribution in [0.2, 0.25) is 0 Å². The highest BCUT2D eigenvalue weighted by Crippen LogP contribution is 2.34. The van der Waals surface area contributed by atoms with Crippen molar-refractivity contribution in [2.75, 3.05) is 14.2 Å². The molecule has 0 spiro atoms. The van der Waals surface area contributed by atoms with Gasteiger partial charge in [0.1, 0.15) is 11.4 Å². The third-order valence-electron chi connectivity index (χ3n) is 3.66. The van der Waals surface area contributed by atoms with Crippen LogP contribution in [0.4, 0.5) is 4.79 Å². The zero-order valence-corrected chi connectivity index (χ0v) is 14.9. The first-order valence-electron chi connectivity index (χ1n) is 7.63. The van der Waals surface area contributed by atoms with Gasteiger partial charge in [-0.05, 0) is 29.7 Å². The van der Waals surface area contributed by atoms with Crippen molar-refractivity contribution in [2.45, 2.75) is 26.2 Å². The summed E-state index contributed by atoms with van der Waals surface area (Å²) in [4.78, 5) is 28.1. The zero-order valence-electron chi connectivity index (χ0n) is 14.9. The Morgan fingerprint density at radius 2 is 1.92 bits per heavy atom. The Labute approximate surface area is 145 Å². The van der Waals surface area contributed by atoms with E-state index in [-0.39, 0.29) is 11.3 Å². The van der Waals surface area contributed by atoms with Crippen LogP contribution in [0.3, 0.4) is 0 Å². The molecule has 2 rings (SSSR count). The fourth-order valence-electron chi connectivity index (χ4n) is 2.30. The number of H-pyrrole nitrogens is 1. The van der Waals surface area contributed by atoms with Crippen LogP contribution in [-0.4, -0.2) is 41.4 Å². The fraction of sp³-hybridized carbons (Fsp3) is 0.353. The molecule has 3 N–H and O–H groups in total. The van der Waals surface area contributed by atoms with E-state index in [1.807, 2.05) is 26.8 Å². The Morgan fingerprint density at radius 3 is 2.48 bits per heavy atom. The molecular weight excluding hydrogens is 324 g/mol. The van der Waals surface area contributed by atoms with Gasteiger partial charge in [0.05, 0.1) is 12.8 Å². The molecule has 1 aromatic heterocycles. The molecular formula is C17H22N4O4. The monoisotopic (exact) mass is 346 g/mol. The summed E-state index contributed by atoms with van der Waals surface area (Å²) in [6.45, 7) is 5.98. The van der Waals surface area contributed by atoms with E-state index >= 15 is 0 Å². The second-order valence-electron chi connectivity index (χ2n) is 6.53. The Kier molecular flexibility index (Phi) is 5.13. The lowest BCUT2D eigenvalue weighted by atomic mass is 9.85. The molecule has 0 aliphatic rings. The second kappa shape index (κ2) is 6.94. The SMILES string of the molecule is CON(C)C(=O)c1cc(-c2ccc(OC(N)=O)c(C(C)(C)C)c2)n[nH]1. The summed E-state index contributed by atoms with van der Waals surface area (Å²) < 4.78 is 5.09. The molecule has 25 heavy (non-hydrogen) atoms. The first kappa shape index (κ1) is 18.5. The predicted octanol–water partition coefficient (Wildman–Crippen LogP) is 2.47. The molecule has 0 aliphatic carbocycles. The number of carbonyl (C=O) groups excluding carboxylic acids is 2. The van der Waals surface area contributed by atoms with Crippen molar-refractivity contribution in [2.24, 2.45) is 5.73 Å². The molecule has 8 heteroatoms. The van der Waals surface area contributed by atoms with E-state index in [1.165, 1.54) is 14.2 Å². The number of nitrogens with zero attached hydrogens (tertiary/aromatic N) is 2. The molecule has 134 valence electrons. The van der Waals surface area contributed by atoms with E-state index in [9.17, 15) is 9.59 Å². The number of benzene rings is 1. The van der Waals surface area contributed by atoms with Gasteiger partial charge in [-0.1, -0.05) is 20.8 Å². The molecule has 0 saturated heterocycles. The van der Waals surface area contributed by atoms with E-state index in [2.05, 4.69) is 10.2 Å². The van der Waals surface area contributed by atoms with Crippen LogP contribution >= 0.6 is 0 Å². The van der Waals surface area contributed by atoms with Gasteiger partial charge in [-0.2, -0.15) is 5.10 Å². The minimum atomic E-state index is -0.867. The number of amides is 2. The summed E-state index contributed by atoms with van der Waals surface area (Å²) >= 11 is 0. The molecule has 1 aromatic carbocycles. The fourth-order valence-corrected chi connectivity index (χ4v) is 2.30. The molecule has 2 aromatic rings. The minimum absolute atomic E-state index is 0.286. The first-order valence-corrected chi connectivity index (χ1v) is 7.63. The summed E-state index contributed by atoms with van der Waals surface area (Å²) in [6.07, 6.45) is -0.867. The maximum absolute atomic E-state index is 12.1. The Hall–Kier alpha value is -2.87. The Bertz CT molecular complexity index is 792. The number of hydroxylamine groups is 2. The Balaban J connectivity index is 2.42. The highest BCUT2D eigenvalue weighted by atomic mass is 16.7. The predicted molar refractivity (Wildman–Crippen MR) is 92.0 cm³/mol. The van der Waals surface area contributed by atoms with E-state index < -0.39 is 6.09 Å². The van der Waals surface area contributed by atoms with E-state index in [0.717, 1.165) is 16.2 Å². The number of aromatic nitrogens is 2. The van der Waals surface area contributed by atoms with Gasteiger partial charge in [0.15, 0.2) is 0 Å². The third kappa shape index (κ3) is 4.16. The Morgan fingerprint density at radius 1 is 1.24 bits per heavy atom. The number of aromatic amines is 1. The summed E-state index contributed by atoms with van der Waals surface area (Å²) in [5.41, 5.74) is 7.31. The van der Waals surface area contributed by atoms with Crippen molar-refractivity contribution in [1.29, 1.82) is 0 Å². The first-order chi connectivity index (χ1) is 11.6. The van der Waals surface area contributed by atoms with Crippen molar-refractivity contribution in [3.8, 4) is 17.0 Å². The highest BCUT2D eigenvalue weighted by Gasteiger charge is 2.22. The number of nitrogens with one attached hydrogen (secondary N) is 1. The third-order valence-corrected chi connectivity index (χ3v) is 3.66. The van der Waals surface area contributed by atoms with Crippen molar-refractivity contribution >= 4 is 12.0 Å². The number of hydrogen-bond acceptors (Lipinski definition) is 5. The maximum atomic E-state index is 12.1. The molecule has 2 amide bonds. The van der Waals surface area contributed by atoms with Crippen LogP contribution in [0.5, 0.6) is 5.75 Å². The number of hydrogen-bond donors (Lipinski definition) is 2. The van der Waals surface area contributed by atoms with E-state index in [4.69, 9.17) is 15.3 Å². The molecule has 1 heterocycles. The van der Waals surface area contributed by atoms with Crippen molar-refractivity contribution in [3.63, 3.8) is 0 Å². The van der Waals surface area contributed by atoms with Gasteiger partial charge in [0.2, 0.25) is 0 Å². The normalized spacial score (nSPS) is 11.2. The summed E-state index contributed by atoms with van der Waals surface area (Å²) in [7, 11) is 2.92. The van der Waals surface area contributed by atoms with Gasteiger partial charge < -0.3 is 10.5 Å². The topological polar surface area (TPSA) is 111 Å². The lowest BCUT2D eigenvalue weighted by Crippen LogP contribution is -2.25. The van der Waals surface area contributed by atoms with Gasteiger partial charge in [-0.25, -0.2) is 9.86 Å². The highest BCUT2D eigenvalue weighted by molar-refractivity contribution is 5.92. The molecule has 0 fully saturated rings. The van der Waals surface area contributed by atoms with Crippen LogP contribution < -0.4 is 10.5 Å². The van der Waals surface area contributed by atoms with Gasteiger partial charge in [-0.15, -0.1) is 0 Å².